The van der Waals surface area contributed by atoms with Gasteiger partial charge in [0, 0.05) is 30.2 Å². The molecule has 0 N–H and O–H groups in total. The summed E-state index contributed by atoms with van der Waals surface area (Å²) in [5, 5.41) is 0.680. The molecule has 3 heterocycles. The predicted octanol–water partition coefficient (Wildman–Crippen LogP) is 3.61. The summed E-state index contributed by atoms with van der Waals surface area (Å²) in [4.78, 5) is 14.6. The molecular formula is C18H15F3N4O. The van der Waals surface area contributed by atoms with E-state index in [2.05, 4.69) is 19.9 Å². The maximum Gasteiger partial charge on any atom is 0.416 e. The average molecular weight is 360 g/mol. The Morgan fingerprint density at radius 2 is 1.96 bits per heavy atom. The van der Waals surface area contributed by atoms with Gasteiger partial charge in [-0.2, -0.15) is 13.2 Å². The zero-order chi connectivity index (χ0) is 18.3. The zero-order valence-corrected chi connectivity index (χ0v) is 13.9. The molecule has 26 heavy (non-hydrogen) atoms. The number of anilines is 1. The minimum atomic E-state index is -4.39. The van der Waals surface area contributed by atoms with E-state index < -0.39 is 11.7 Å². The second-order valence-electron chi connectivity index (χ2n) is 6.04. The molecule has 0 unspecified atom stereocenters. The van der Waals surface area contributed by atoms with Crippen LogP contribution in [0.3, 0.4) is 0 Å². The predicted molar refractivity (Wildman–Crippen MR) is 90.1 cm³/mol. The minimum Gasteiger partial charge on any atom is -0.481 e. The number of hydrogen-bond acceptors (Lipinski definition) is 5. The first-order valence-electron chi connectivity index (χ1n) is 8.05. The summed E-state index contributed by atoms with van der Waals surface area (Å²) >= 11 is 0. The second kappa shape index (κ2) is 6.12. The Labute approximate surface area is 147 Å². The largest absolute Gasteiger partial charge is 0.481 e. The Bertz CT molecular complexity index is 960. The van der Waals surface area contributed by atoms with Gasteiger partial charge in [0.25, 0.3) is 0 Å². The first-order valence-corrected chi connectivity index (χ1v) is 8.05. The quantitative estimate of drug-likeness (QED) is 0.699. The van der Waals surface area contributed by atoms with E-state index in [1.165, 1.54) is 18.6 Å². The topological polar surface area (TPSA) is 51.1 Å². The SMILES string of the molecule is COc1ncnc2c1CN(c1ccnc3cc(C(F)(F)F)ccc13)CC2. The Morgan fingerprint density at radius 1 is 1.12 bits per heavy atom. The highest BCUT2D eigenvalue weighted by Crippen LogP contribution is 2.35. The Hall–Kier alpha value is -2.90. The van der Waals surface area contributed by atoms with Crippen molar-refractivity contribution in [1.82, 2.24) is 15.0 Å². The van der Waals surface area contributed by atoms with E-state index in [-0.39, 0.29) is 0 Å². The molecule has 1 aliphatic heterocycles. The summed E-state index contributed by atoms with van der Waals surface area (Å²) in [6.07, 6.45) is -0.667. The summed E-state index contributed by atoms with van der Waals surface area (Å²) in [5.41, 5.74) is 2.29. The molecule has 0 spiro atoms. The number of ether oxygens (including phenoxy) is 1. The highest BCUT2D eigenvalue weighted by Gasteiger charge is 2.31. The van der Waals surface area contributed by atoms with Crippen LogP contribution >= 0.6 is 0 Å². The van der Waals surface area contributed by atoms with Gasteiger partial charge in [-0.3, -0.25) is 4.98 Å². The fourth-order valence-corrected chi connectivity index (χ4v) is 3.28. The van der Waals surface area contributed by atoms with E-state index in [0.717, 1.165) is 29.1 Å². The van der Waals surface area contributed by atoms with E-state index in [1.807, 2.05) is 6.07 Å². The van der Waals surface area contributed by atoms with Crippen molar-refractivity contribution >= 4 is 16.6 Å². The normalized spacial score (nSPS) is 14.4. The van der Waals surface area contributed by atoms with Gasteiger partial charge in [-0.1, -0.05) is 6.07 Å². The molecule has 0 saturated carbocycles. The standard InChI is InChI=1S/C18H15F3N4O/c1-26-17-13-9-25(7-5-14(13)23-10-24-17)16-4-6-22-15-8-11(18(19,20)21)2-3-12(15)16/h2-4,6,8,10H,5,7,9H2,1H3. The van der Waals surface area contributed by atoms with Crippen molar-refractivity contribution in [2.75, 3.05) is 18.6 Å². The van der Waals surface area contributed by atoms with E-state index >= 15 is 0 Å². The van der Waals surface area contributed by atoms with Crippen LogP contribution in [-0.4, -0.2) is 28.6 Å². The van der Waals surface area contributed by atoms with Gasteiger partial charge in [-0.05, 0) is 18.2 Å². The highest BCUT2D eigenvalue weighted by molar-refractivity contribution is 5.92. The third-order valence-corrected chi connectivity index (χ3v) is 4.54. The van der Waals surface area contributed by atoms with Crippen LogP contribution in [0.25, 0.3) is 10.9 Å². The lowest BCUT2D eigenvalue weighted by Crippen LogP contribution is -2.31. The van der Waals surface area contributed by atoms with Crippen LogP contribution in [0.4, 0.5) is 18.9 Å². The Morgan fingerprint density at radius 3 is 2.73 bits per heavy atom. The maximum atomic E-state index is 13.0. The summed E-state index contributed by atoms with van der Waals surface area (Å²) in [6.45, 7) is 1.23. The number of benzene rings is 1. The molecular weight excluding hydrogens is 345 g/mol. The van der Waals surface area contributed by atoms with E-state index in [0.29, 0.717) is 36.3 Å². The molecule has 0 amide bonds. The van der Waals surface area contributed by atoms with Gasteiger partial charge in [0.15, 0.2) is 0 Å². The number of rotatable bonds is 2. The number of pyridine rings is 1. The number of alkyl halides is 3. The summed E-state index contributed by atoms with van der Waals surface area (Å²) in [7, 11) is 1.56. The summed E-state index contributed by atoms with van der Waals surface area (Å²) < 4.78 is 44.2. The van der Waals surface area contributed by atoms with Gasteiger partial charge < -0.3 is 9.64 Å². The lowest BCUT2D eigenvalue weighted by atomic mass is 10.0. The molecule has 0 saturated heterocycles. The van der Waals surface area contributed by atoms with Gasteiger partial charge in [0.05, 0.1) is 36.0 Å². The van der Waals surface area contributed by atoms with Gasteiger partial charge in [0.1, 0.15) is 6.33 Å². The molecule has 2 aromatic heterocycles. The zero-order valence-electron chi connectivity index (χ0n) is 13.9. The average Bonchev–Trinajstić information content (AvgIpc) is 2.65. The van der Waals surface area contributed by atoms with Crippen molar-refractivity contribution in [1.29, 1.82) is 0 Å². The molecule has 0 aliphatic carbocycles. The van der Waals surface area contributed by atoms with E-state index in [1.54, 1.807) is 7.11 Å². The molecule has 1 aliphatic rings. The Kier molecular flexibility index (Phi) is 3.90. The molecule has 134 valence electrons. The lowest BCUT2D eigenvalue weighted by molar-refractivity contribution is -0.137. The van der Waals surface area contributed by atoms with Crippen LogP contribution in [0.5, 0.6) is 5.88 Å². The number of halogens is 3. The molecule has 4 rings (SSSR count). The maximum absolute atomic E-state index is 13.0. The van der Waals surface area contributed by atoms with Gasteiger partial charge in [-0.15, -0.1) is 0 Å². The molecule has 8 heteroatoms. The van der Waals surface area contributed by atoms with E-state index in [9.17, 15) is 13.2 Å². The molecule has 0 radical (unpaired) electrons. The van der Waals surface area contributed by atoms with Crippen LogP contribution in [0.1, 0.15) is 16.8 Å². The third kappa shape index (κ3) is 2.81. The van der Waals surface area contributed by atoms with Crippen LogP contribution in [-0.2, 0) is 19.1 Å². The monoisotopic (exact) mass is 360 g/mol. The van der Waals surface area contributed by atoms with Crippen molar-refractivity contribution in [2.45, 2.75) is 19.1 Å². The smallest absolute Gasteiger partial charge is 0.416 e. The molecule has 5 nitrogen and oxygen atoms in total. The first kappa shape index (κ1) is 16.6. The molecule has 3 aromatic rings. The molecule has 1 aromatic carbocycles. The van der Waals surface area contributed by atoms with Crippen molar-refractivity contribution < 1.29 is 17.9 Å². The van der Waals surface area contributed by atoms with Crippen molar-refractivity contribution in [3.8, 4) is 5.88 Å². The fraction of sp³-hybridized carbons (Fsp3) is 0.278. The van der Waals surface area contributed by atoms with E-state index in [4.69, 9.17) is 4.74 Å². The van der Waals surface area contributed by atoms with Gasteiger partial charge in [0.2, 0.25) is 5.88 Å². The second-order valence-corrected chi connectivity index (χ2v) is 6.04. The first-order chi connectivity index (χ1) is 12.5. The number of fused-ring (bicyclic) bond motifs is 2. The highest BCUT2D eigenvalue weighted by atomic mass is 19.4. The third-order valence-electron chi connectivity index (χ3n) is 4.54. The van der Waals surface area contributed by atoms with Crippen molar-refractivity contribution in [3.05, 3.63) is 53.6 Å². The van der Waals surface area contributed by atoms with Gasteiger partial charge >= 0.3 is 6.18 Å². The van der Waals surface area contributed by atoms with Crippen LogP contribution in [0, 0.1) is 0 Å². The molecule has 0 bridgehead atoms. The van der Waals surface area contributed by atoms with Crippen molar-refractivity contribution in [3.63, 3.8) is 0 Å². The number of nitrogens with zero attached hydrogens (tertiary/aromatic N) is 4. The minimum absolute atomic E-state index is 0.319. The molecule has 0 fully saturated rings. The lowest BCUT2D eigenvalue weighted by Gasteiger charge is -2.31. The van der Waals surface area contributed by atoms with Crippen LogP contribution < -0.4 is 9.64 Å². The Balaban J connectivity index is 1.76. The summed E-state index contributed by atoms with van der Waals surface area (Å²) in [5.74, 6) is 0.525. The van der Waals surface area contributed by atoms with Crippen LogP contribution in [0.2, 0.25) is 0 Å². The van der Waals surface area contributed by atoms with Gasteiger partial charge in [-0.25, -0.2) is 9.97 Å². The molecule has 0 atom stereocenters. The van der Waals surface area contributed by atoms with Crippen LogP contribution in [0.15, 0.2) is 36.8 Å². The fourth-order valence-electron chi connectivity index (χ4n) is 3.28. The van der Waals surface area contributed by atoms with Crippen molar-refractivity contribution in [2.24, 2.45) is 0 Å². The summed E-state index contributed by atoms with van der Waals surface area (Å²) in [6, 6.07) is 5.47. The number of aromatic nitrogens is 3. The number of methoxy groups -OCH3 is 1. The number of hydrogen-bond donors (Lipinski definition) is 0.